The summed E-state index contributed by atoms with van der Waals surface area (Å²) in [6.07, 6.45) is 5.79. The van der Waals surface area contributed by atoms with Gasteiger partial charge in [0.1, 0.15) is 30.3 Å². The fourth-order valence-electron chi connectivity index (χ4n) is 5.52. The minimum atomic E-state index is -3.42. The lowest BCUT2D eigenvalue weighted by Gasteiger charge is -2.36. The molecule has 0 amide bonds. The van der Waals surface area contributed by atoms with Crippen LogP contribution in [0.3, 0.4) is 0 Å². The highest BCUT2D eigenvalue weighted by Gasteiger charge is 2.41. The molecule has 1 aromatic heterocycles. The molecule has 5 aromatic rings. The van der Waals surface area contributed by atoms with Gasteiger partial charge >= 0.3 is 0 Å². The van der Waals surface area contributed by atoms with Crippen LogP contribution in [0.4, 0.5) is 15.9 Å². The standard InChI is InChI=1S/C35H32BrFN4O4S/c1-24(38-16-18-46(42,43)29-9-3-2-4-10-29)35(15-6-17-45-35)26-11-13-32-30(20-26)34(40-23-39-32)41-28-12-14-33(31(36)21-28)44-22-25-7-5-8-27(37)19-25/h2-14,17,19-21,23-24,38H,15-16,18,22H2,1H3,(H,39,40,41). The lowest BCUT2D eigenvalue weighted by atomic mass is 9.84. The van der Waals surface area contributed by atoms with Gasteiger partial charge < -0.3 is 20.1 Å². The second-order valence-corrected chi connectivity index (χ2v) is 14.0. The van der Waals surface area contributed by atoms with Crippen LogP contribution in [0.2, 0.25) is 0 Å². The van der Waals surface area contributed by atoms with E-state index >= 15 is 0 Å². The Bertz CT molecular complexity index is 1980. The molecular weight excluding hydrogens is 671 g/mol. The van der Waals surface area contributed by atoms with E-state index in [4.69, 9.17) is 9.47 Å². The van der Waals surface area contributed by atoms with Gasteiger partial charge in [0.25, 0.3) is 0 Å². The number of sulfone groups is 1. The molecule has 0 fully saturated rings. The Kier molecular flexibility index (Phi) is 9.34. The molecule has 46 heavy (non-hydrogen) atoms. The van der Waals surface area contributed by atoms with Crippen LogP contribution in [0.5, 0.6) is 5.75 Å². The molecule has 0 bridgehead atoms. The molecule has 1 aliphatic heterocycles. The molecule has 0 saturated heterocycles. The van der Waals surface area contributed by atoms with Crippen LogP contribution in [0.1, 0.15) is 24.5 Å². The molecule has 2 unspecified atom stereocenters. The molecule has 0 saturated carbocycles. The number of hydrogen-bond donors (Lipinski definition) is 2. The molecule has 8 nitrogen and oxygen atoms in total. The van der Waals surface area contributed by atoms with E-state index in [0.29, 0.717) is 22.9 Å². The monoisotopic (exact) mass is 702 g/mol. The lowest BCUT2D eigenvalue weighted by molar-refractivity contribution is 0.00893. The van der Waals surface area contributed by atoms with Crippen molar-refractivity contribution >= 4 is 48.2 Å². The van der Waals surface area contributed by atoms with E-state index in [9.17, 15) is 12.8 Å². The maximum atomic E-state index is 13.5. The molecule has 0 radical (unpaired) electrons. The van der Waals surface area contributed by atoms with E-state index in [0.717, 1.165) is 32.2 Å². The van der Waals surface area contributed by atoms with E-state index in [-0.39, 0.29) is 30.8 Å². The van der Waals surface area contributed by atoms with Gasteiger partial charge in [-0.2, -0.15) is 0 Å². The number of hydrogen-bond acceptors (Lipinski definition) is 8. The van der Waals surface area contributed by atoms with Crippen molar-refractivity contribution in [2.75, 3.05) is 17.6 Å². The van der Waals surface area contributed by atoms with Crippen molar-refractivity contribution in [1.29, 1.82) is 0 Å². The number of fused-ring (bicyclic) bond motifs is 1. The summed E-state index contributed by atoms with van der Waals surface area (Å²) in [4.78, 5) is 9.32. The van der Waals surface area contributed by atoms with Crippen molar-refractivity contribution in [1.82, 2.24) is 15.3 Å². The number of benzene rings is 4. The zero-order chi connectivity index (χ0) is 32.1. The normalized spacial score (nSPS) is 16.7. The summed E-state index contributed by atoms with van der Waals surface area (Å²) in [7, 11) is -3.42. The highest BCUT2D eigenvalue weighted by atomic mass is 79.9. The van der Waals surface area contributed by atoms with E-state index < -0.39 is 15.4 Å². The van der Waals surface area contributed by atoms with Gasteiger partial charge in [0, 0.05) is 30.1 Å². The molecule has 1 aliphatic rings. The highest BCUT2D eigenvalue weighted by molar-refractivity contribution is 9.10. The van der Waals surface area contributed by atoms with Crippen LogP contribution in [-0.2, 0) is 26.8 Å². The number of nitrogens with zero attached hydrogens (tertiary/aromatic N) is 2. The highest BCUT2D eigenvalue weighted by Crippen LogP contribution is 2.40. The van der Waals surface area contributed by atoms with Crippen molar-refractivity contribution in [3.05, 3.63) is 131 Å². The summed E-state index contributed by atoms with van der Waals surface area (Å²) >= 11 is 3.58. The zero-order valence-corrected chi connectivity index (χ0v) is 27.4. The van der Waals surface area contributed by atoms with Gasteiger partial charge in [-0.15, -0.1) is 0 Å². The van der Waals surface area contributed by atoms with Crippen LogP contribution in [0, 0.1) is 5.82 Å². The van der Waals surface area contributed by atoms with Crippen LogP contribution in [-0.4, -0.2) is 36.7 Å². The Morgan fingerprint density at radius 2 is 1.87 bits per heavy atom. The summed E-state index contributed by atoms with van der Waals surface area (Å²) in [5.74, 6) is 0.898. The molecule has 0 spiro atoms. The van der Waals surface area contributed by atoms with Gasteiger partial charge in [-0.05, 0) is 94.7 Å². The largest absolute Gasteiger partial charge is 0.489 e. The minimum Gasteiger partial charge on any atom is -0.489 e. The first kappa shape index (κ1) is 31.7. The smallest absolute Gasteiger partial charge is 0.179 e. The second-order valence-electron chi connectivity index (χ2n) is 11.0. The molecule has 4 aromatic carbocycles. The van der Waals surface area contributed by atoms with Crippen LogP contribution in [0.15, 0.2) is 119 Å². The number of nitrogens with one attached hydrogen (secondary N) is 2. The van der Waals surface area contributed by atoms with Gasteiger partial charge in [-0.25, -0.2) is 22.8 Å². The second kappa shape index (κ2) is 13.6. The molecule has 0 aliphatic carbocycles. The fraction of sp³-hybridized carbons (Fsp3) is 0.200. The molecule has 2 heterocycles. The SMILES string of the molecule is CC(NCCS(=O)(=O)c1ccccc1)C1(c2ccc3ncnc(Nc4ccc(OCc5cccc(F)c5)c(Br)c4)c3c2)CC=CO1. The fourth-order valence-corrected chi connectivity index (χ4v) is 7.20. The average Bonchev–Trinajstić information content (AvgIpc) is 3.56. The Morgan fingerprint density at radius 3 is 2.63 bits per heavy atom. The molecule has 2 atom stereocenters. The number of rotatable bonds is 12. The zero-order valence-electron chi connectivity index (χ0n) is 25.0. The van der Waals surface area contributed by atoms with Crippen LogP contribution in [0.25, 0.3) is 10.9 Å². The molecule has 6 rings (SSSR count). The van der Waals surface area contributed by atoms with Crippen LogP contribution < -0.4 is 15.4 Å². The first-order valence-electron chi connectivity index (χ1n) is 14.8. The third kappa shape index (κ3) is 6.91. The van der Waals surface area contributed by atoms with E-state index in [1.54, 1.807) is 42.7 Å². The van der Waals surface area contributed by atoms with Crippen molar-refractivity contribution < 1.29 is 22.3 Å². The van der Waals surface area contributed by atoms with Crippen molar-refractivity contribution in [3.8, 4) is 5.75 Å². The maximum Gasteiger partial charge on any atom is 0.179 e. The Labute approximate surface area is 275 Å². The quantitative estimate of drug-likeness (QED) is 0.138. The molecular formula is C35H32BrFN4O4S. The number of anilines is 2. The molecule has 236 valence electrons. The average molecular weight is 704 g/mol. The minimum absolute atomic E-state index is 0.0330. The van der Waals surface area contributed by atoms with Crippen molar-refractivity contribution in [3.63, 3.8) is 0 Å². The summed E-state index contributed by atoms with van der Waals surface area (Å²) in [6, 6.07) is 26.1. The third-order valence-electron chi connectivity index (χ3n) is 8.02. The summed E-state index contributed by atoms with van der Waals surface area (Å²) in [5, 5.41) is 7.60. The lowest BCUT2D eigenvalue weighted by Crippen LogP contribution is -2.47. The summed E-state index contributed by atoms with van der Waals surface area (Å²) in [5.41, 5.74) is 2.43. The predicted octanol–water partition coefficient (Wildman–Crippen LogP) is 7.44. The van der Waals surface area contributed by atoms with Crippen molar-refractivity contribution in [2.45, 2.75) is 36.5 Å². The van der Waals surface area contributed by atoms with Gasteiger partial charge in [-0.3, -0.25) is 0 Å². The van der Waals surface area contributed by atoms with E-state index in [2.05, 4.69) is 36.5 Å². The number of halogens is 2. The van der Waals surface area contributed by atoms with E-state index in [1.165, 1.54) is 18.5 Å². The Balaban J connectivity index is 1.19. The topological polar surface area (TPSA) is 102 Å². The first-order valence-corrected chi connectivity index (χ1v) is 17.2. The van der Waals surface area contributed by atoms with E-state index in [1.807, 2.05) is 55.5 Å². The molecule has 11 heteroatoms. The summed E-state index contributed by atoms with van der Waals surface area (Å²) in [6.45, 7) is 2.50. The third-order valence-corrected chi connectivity index (χ3v) is 10.4. The van der Waals surface area contributed by atoms with Gasteiger partial charge in [0.2, 0.25) is 0 Å². The molecule has 2 N–H and O–H groups in total. The maximum absolute atomic E-state index is 13.5. The Hall–Kier alpha value is -4.32. The first-order chi connectivity index (χ1) is 22.2. The van der Waals surface area contributed by atoms with Gasteiger partial charge in [-0.1, -0.05) is 36.4 Å². The van der Waals surface area contributed by atoms with Gasteiger partial charge in [0.05, 0.1) is 26.9 Å². The number of ether oxygens (including phenoxy) is 2. The van der Waals surface area contributed by atoms with Crippen LogP contribution >= 0.6 is 15.9 Å². The number of aromatic nitrogens is 2. The predicted molar refractivity (Wildman–Crippen MR) is 180 cm³/mol. The van der Waals surface area contributed by atoms with Gasteiger partial charge in [0.15, 0.2) is 15.4 Å². The summed E-state index contributed by atoms with van der Waals surface area (Å²) < 4.78 is 52.1. The Morgan fingerprint density at radius 1 is 1.02 bits per heavy atom. The van der Waals surface area contributed by atoms with Crippen molar-refractivity contribution in [2.24, 2.45) is 0 Å².